The van der Waals surface area contributed by atoms with Crippen molar-refractivity contribution in [3.05, 3.63) is 60.1 Å². The average molecular weight is 391 g/mol. The van der Waals surface area contributed by atoms with Gasteiger partial charge in [0.1, 0.15) is 0 Å². The lowest BCUT2D eigenvalue weighted by atomic mass is 9.77. The number of benzene rings is 1. The van der Waals surface area contributed by atoms with Gasteiger partial charge in [0.2, 0.25) is 6.79 Å². The van der Waals surface area contributed by atoms with Crippen LogP contribution in [0.4, 0.5) is 0 Å². The molecule has 6 nitrogen and oxygen atoms in total. The van der Waals surface area contributed by atoms with Gasteiger partial charge in [0.25, 0.3) is 0 Å². The van der Waals surface area contributed by atoms with E-state index < -0.39 is 0 Å². The zero-order valence-electron chi connectivity index (χ0n) is 16.6. The second kappa shape index (κ2) is 7.52. The fourth-order valence-corrected chi connectivity index (χ4v) is 4.48. The topological polar surface area (TPSA) is 60.6 Å². The van der Waals surface area contributed by atoms with Crippen molar-refractivity contribution in [1.82, 2.24) is 14.9 Å². The number of piperidine rings is 1. The van der Waals surface area contributed by atoms with E-state index in [0.717, 1.165) is 43.1 Å². The molecule has 29 heavy (non-hydrogen) atoms. The zero-order chi connectivity index (χ0) is 19.7. The third kappa shape index (κ3) is 3.98. The Morgan fingerprint density at radius 2 is 1.93 bits per heavy atom. The number of aromatic nitrogens is 2. The summed E-state index contributed by atoms with van der Waals surface area (Å²) >= 11 is 0. The molecule has 150 valence electrons. The summed E-state index contributed by atoms with van der Waals surface area (Å²) in [5.41, 5.74) is 2.68. The molecule has 1 fully saturated rings. The second-order valence-corrected chi connectivity index (χ2v) is 8.38. The fraction of sp³-hybridized carbons (Fsp3) is 0.391. The highest BCUT2D eigenvalue weighted by atomic mass is 16.7. The molecule has 0 amide bonds. The van der Waals surface area contributed by atoms with E-state index in [0.29, 0.717) is 18.4 Å². The normalized spacial score (nSPS) is 21.4. The van der Waals surface area contributed by atoms with E-state index >= 15 is 0 Å². The minimum absolute atomic E-state index is 0.237. The number of hydrogen-bond acceptors (Lipinski definition) is 6. The summed E-state index contributed by atoms with van der Waals surface area (Å²) < 4.78 is 16.3. The summed E-state index contributed by atoms with van der Waals surface area (Å²) in [5, 5.41) is 0. The summed E-state index contributed by atoms with van der Waals surface area (Å²) in [7, 11) is 0. The Hall–Kier alpha value is -2.86. The van der Waals surface area contributed by atoms with Crippen LogP contribution in [-0.2, 0) is 13.0 Å². The van der Waals surface area contributed by atoms with Gasteiger partial charge in [-0.3, -0.25) is 4.90 Å². The largest absolute Gasteiger partial charge is 0.461 e. The van der Waals surface area contributed by atoms with Crippen LogP contribution in [0.3, 0.4) is 0 Å². The van der Waals surface area contributed by atoms with Gasteiger partial charge in [-0.2, -0.15) is 0 Å². The predicted molar refractivity (Wildman–Crippen MR) is 109 cm³/mol. The Morgan fingerprint density at radius 3 is 2.76 bits per heavy atom. The monoisotopic (exact) mass is 391 g/mol. The van der Waals surface area contributed by atoms with Crippen LogP contribution in [0.25, 0.3) is 11.6 Å². The Kier molecular flexibility index (Phi) is 4.72. The standard InChI is InChI=1S/C23H25N3O3/c1-23(11-17-5-6-19-21(10-17)29-16-28-19)7-3-8-26(15-23)14-18-12-24-22(25-13-18)20-4-2-9-27-20/h2,4-6,9-10,12-13H,3,7-8,11,14-16H2,1H3/t23-/m1/s1. The molecule has 0 aliphatic carbocycles. The molecule has 0 bridgehead atoms. The molecule has 1 aromatic carbocycles. The maximum atomic E-state index is 5.54. The quantitative estimate of drug-likeness (QED) is 0.646. The van der Waals surface area contributed by atoms with Crippen molar-refractivity contribution in [1.29, 1.82) is 0 Å². The van der Waals surface area contributed by atoms with Crippen molar-refractivity contribution >= 4 is 0 Å². The van der Waals surface area contributed by atoms with E-state index in [-0.39, 0.29) is 5.41 Å². The molecule has 0 saturated carbocycles. The lowest BCUT2D eigenvalue weighted by Gasteiger charge is -2.40. The van der Waals surface area contributed by atoms with E-state index in [1.54, 1.807) is 6.26 Å². The SMILES string of the molecule is C[C@]1(Cc2ccc3c(c2)OCO3)CCCN(Cc2cnc(-c3ccco3)nc2)C1. The lowest BCUT2D eigenvalue weighted by Crippen LogP contribution is -2.42. The zero-order valence-corrected chi connectivity index (χ0v) is 16.6. The highest BCUT2D eigenvalue weighted by Gasteiger charge is 2.31. The molecule has 2 aliphatic heterocycles. The molecular weight excluding hydrogens is 366 g/mol. The van der Waals surface area contributed by atoms with Crippen LogP contribution in [0.5, 0.6) is 11.5 Å². The van der Waals surface area contributed by atoms with Crippen molar-refractivity contribution in [2.45, 2.75) is 32.7 Å². The Bertz CT molecular complexity index is 972. The smallest absolute Gasteiger partial charge is 0.231 e. The third-order valence-corrected chi connectivity index (χ3v) is 5.78. The first kappa shape index (κ1) is 18.2. The van der Waals surface area contributed by atoms with Gasteiger partial charge in [-0.1, -0.05) is 13.0 Å². The maximum Gasteiger partial charge on any atom is 0.231 e. The number of rotatable bonds is 5. The molecule has 6 heteroatoms. The van der Waals surface area contributed by atoms with Gasteiger partial charge in [0.15, 0.2) is 23.1 Å². The van der Waals surface area contributed by atoms with Crippen LogP contribution < -0.4 is 9.47 Å². The van der Waals surface area contributed by atoms with E-state index in [4.69, 9.17) is 13.9 Å². The van der Waals surface area contributed by atoms with Crippen molar-refractivity contribution in [3.8, 4) is 23.1 Å². The fourth-order valence-electron chi connectivity index (χ4n) is 4.48. The summed E-state index contributed by atoms with van der Waals surface area (Å²) in [4.78, 5) is 11.4. The van der Waals surface area contributed by atoms with E-state index in [1.165, 1.54) is 18.4 Å². The number of fused-ring (bicyclic) bond motifs is 1. The summed E-state index contributed by atoms with van der Waals surface area (Å²) in [5.74, 6) is 3.05. The second-order valence-electron chi connectivity index (χ2n) is 8.38. The summed E-state index contributed by atoms with van der Waals surface area (Å²) in [6.45, 7) is 5.75. The molecule has 1 atom stereocenters. The van der Waals surface area contributed by atoms with E-state index in [1.807, 2.05) is 30.6 Å². The molecule has 0 radical (unpaired) electrons. The Balaban J connectivity index is 1.24. The first-order valence-corrected chi connectivity index (χ1v) is 10.1. The number of hydrogen-bond donors (Lipinski definition) is 0. The molecule has 0 N–H and O–H groups in total. The molecule has 0 spiro atoms. The average Bonchev–Trinajstić information content (AvgIpc) is 3.40. The molecule has 2 aliphatic rings. The molecular formula is C23H25N3O3. The van der Waals surface area contributed by atoms with Crippen molar-refractivity contribution < 1.29 is 13.9 Å². The van der Waals surface area contributed by atoms with Crippen LogP contribution in [0.2, 0.25) is 0 Å². The Morgan fingerprint density at radius 1 is 1.07 bits per heavy atom. The van der Waals surface area contributed by atoms with Crippen molar-refractivity contribution in [3.63, 3.8) is 0 Å². The van der Waals surface area contributed by atoms with Crippen LogP contribution >= 0.6 is 0 Å². The van der Waals surface area contributed by atoms with Crippen LogP contribution in [0, 0.1) is 5.41 Å². The third-order valence-electron chi connectivity index (χ3n) is 5.78. The maximum absolute atomic E-state index is 5.54. The molecule has 2 aromatic heterocycles. The lowest BCUT2D eigenvalue weighted by molar-refractivity contribution is 0.0968. The van der Waals surface area contributed by atoms with E-state index in [2.05, 4.69) is 33.9 Å². The molecule has 5 rings (SSSR count). The van der Waals surface area contributed by atoms with Crippen LogP contribution in [0.1, 0.15) is 30.9 Å². The van der Waals surface area contributed by atoms with Gasteiger partial charge in [-0.25, -0.2) is 9.97 Å². The number of furan rings is 1. The van der Waals surface area contributed by atoms with Gasteiger partial charge in [0, 0.05) is 31.0 Å². The van der Waals surface area contributed by atoms with Gasteiger partial charge >= 0.3 is 0 Å². The van der Waals surface area contributed by atoms with Crippen molar-refractivity contribution in [2.75, 3.05) is 19.9 Å². The number of ether oxygens (including phenoxy) is 2. The summed E-state index contributed by atoms with van der Waals surface area (Å²) in [6.07, 6.45) is 8.93. The molecule has 1 saturated heterocycles. The minimum Gasteiger partial charge on any atom is -0.461 e. The van der Waals surface area contributed by atoms with Crippen LogP contribution in [0.15, 0.2) is 53.4 Å². The van der Waals surface area contributed by atoms with Gasteiger partial charge in [-0.05, 0) is 61.1 Å². The van der Waals surface area contributed by atoms with Crippen molar-refractivity contribution in [2.24, 2.45) is 5.41 Å². The Labute approximate surface area is 170 Å². The molecule has 0 unspecified atom stereocenters. The van der Waals surface area contributed by atoms with Gasteiger partial charge in [0.05, 0.1) is 6.26 Å². The first-order chi connectivity index (χ1) is 14.2. The first-order valence-electron chi connectivity index (χ1n) is 10.1. The number of likely N-dealkylation sites (tertiary alicyclic amines) is 1. The minimum atomic E-state index is 0.237. The van der Waals surface area contributed by atoms with Crippen LogP contribution in [-0.4, -0.2) is 34.8 Å². The van der Waals surface area contributed by atoms with E-state index in [9.17, 15) is 0 Å². The molecule has 4 heterocycles. The highest BCUT2D eigenvalue weighted by Crippen LogP contribution is 2.37. The van der Waals surface area contributed by atoms with Gasteiger partial charge in [-0.15, -0.1) is 0 Å². The van der Waals surface area contributed by atoms with Gasteiger partial charge < -0.3 is 13.9 Å². The summed E-state index contributed by atoms with van der Waals surface area (Å²) in [6, 6.07) is 10.1. The number of nitrogens with zero attached hydrogens (tertiary/aromatic N) is 3. The highest BCUT2D eigenvalue weighted by molar-refractivity contribution is 5.46. The molecule has 3 aromatic rings. The predicted octanol–water partition coefficient (Wildman–Crippen LogP) is 4.31.